The van der Waals surface area contributed by atoms with Crippen LogP contribution in [-0.2, 0) is 0 Å². The van der Waals surface area contributed by atoms with Gasteiger partial charge in [0.05, 0.1) is 24.8 Å². The van der Waals surface area contributed by atoms with Crippen molar-refractivity contribution in [1.29, 1.82) is 0 Å². The fraction of sp³-hybridized carbons (Fsp3) is 0.143. The molecule has 0 spiro atoms. The zero-order valence-electron chi connectivity index (χ0n) is 9.96. The molecule has 0 amide bonds. The lowest BCUT2D eigenvalue weighted by Gasteiger charge is -2.11. The highest BCUT2D eigenvalue weighted by atomic mass is 35.5. The lowest BCUT2D eigenvalue weighted by molar-refractivity contribution is 0.412. The van der Waals surface area contributed by atoms with Crippen LogP contribution in [0.15, 0.2) is 30.3 Å². The Balaban J connectivity index is 2.62. The molecule has 0 aromatic heterocycles. The van der Waals surface area contributed by atoms with Crippen molar-refractivity contribution < 1.29 is 13.9 Å². The molecule has 0 bridgehead atoms. The van der Waals surface area contributed by atoms with Gasteiger partial charge < -0.3 is 9.47 Å². The minimum atomic E-state index is -0.499. The average Bonchev–Trinajstić information content (AvgIpc) is 2.39. The third-order valence-corrected chi connectivity index (χ3v) is 2.89. The zero-order valence-corrected chi connectivity index (χ0v) is 10.7. The van der Waals surface area contributed by atoms with Crippen molar-refractivity contribution in [3.8, 4) is 22.6 Å². The van der Waals surface area contributed by atoms with Crippen LogP contribution in [0.1, 0.15) is 0 Å². The number of methoxy groups -OCH3 is 2. The maximum Gasteiger partial charge on any atom is 0.142 e. The summed E-state index contributed by atoms with van der Waals surface area (Å²) in [6, 6.07) is 10.6. The van der Waals surface area contributed by atoms with Gasteiger partial charge in [0.25, 0.3) is 0 Å². The molecule has 0 aliphatic heterocycles. The minimum absolute atomic E-state index is 0.299. The van der Waals surface area contributed by atoms with E-state index in [1.165, 1.54) is 13.2 Å². The molecule has 2 nitrogen and oxygen atoms in total. The second kappa shape index (κ2) is 5.27. The van der Waals surface area contributed by atoms with E-state index in [9.17, 15) is 4.39 Å². The van der Waals surface area contributed by atoms with E-state index in [2.05, 4.69) is 6.07 Å². The first-order valence-corrected chi connectivity index (χ1v) is 5.63. The summed E-state index contributed by atoms with van der Waals surface area (Å²) in [5.74, 6) is 0.530. The van der Waals surface area contributed by atoms with Gasteiger partial charge in [-0.1, -0.05) is 11.6 Å². The standard InChI is InChI=1S/C14H11ClFO2/c1-17-9-6-7-10(11(15)8-9)14-12(16)4-3-5-13(14)18-2/h3,5-8H,1-2H3. The highest BCUT2D eigenvalue weighted by Crippen LogP contribution is 2.38. The molecule has 0 saturated heterocycles. The van der Waals surface area contributed by atoms with E-state index in [4.69, 9.17) is 21.1 Å². The van der Waals surface area contributed by atoms with Crippen molar-refractivity contribution >= 4 is 11.6 Å². The first-order chi connectivity index (χ1) is 8.67. The van der Waals surface area contributed by atoms with E-state index in [-0.39, 0.29) is 0 Å². The van der Waals surface area contributed by atoms with Gasteiger partial charge in [0.2, 0.25) is 0 Å². The monoisotopic (exact) mass is 265 g/mol. The maximum atomic E-state index is 13.9. The molecule has 1 radical (unpaired) electrons. The molecule has 2 rings (SSSR count). The van der Waals surface area contributed by atoms with Crippen LogP contribution >= 0.6 is 11.6 Å². The number of benzene rings is 2. The topological polar surface area (TPSA) is 18.5 Å². The molecular weight excluding hydrogens is 255 g/mol. The number of hydrogen-bond acceptors (Lipinski definition) is 2. The lowest BCUT2D eigenvalue weighted by Crippen LogP contribution is -1.93. The van der Waals surface area contributed by atoms with Crippen molar-refractivity contribution in [2.45, 2.75) is 0 Å². The van der Waals surface area contributed by atoms with Gasteiger partial charge in [-0.15, -0.1) is 0 Å². The predicted molar refractivity (Wildman–Crippen MR) is 68.8 cm³/mol. The second-order valence-electron chi connectivity index (χ2n) is 3.58. The highest BCUT2D eigenvalue weighted by Gasteiger charge is 2.15. The Morgan fingerprint density at radius 3 is 2.56 bits per heavy atom. The number of rotatable bonds is 3. The minimum Gasteiger partial charge on any atom is -0.497 e. The molecule has 0 unspecified atom stereocenters. The molecule has 0 aliphatic carbocycles. The predicted octanol–water partition coefficient (Wildman–Crippen LogP) is 3.96. The second-order valence-corrected chi connectivity index (χ2v) is 3.99. The first-order valence-electron chi connectivity index (χ1n) is 5.25. The molecule has 2 aromatic rings. The molecule has 0 N–H and O–H groups in total. The van der Waals surface area contributed by atoms with Gasteiger partial charge in [0.15, 0.2) is 0 Å². The van der Waals surface area contributed by atoms with Crippen LogP contribution in [0.5, 0.6) is 11.5 Å². The number of hydrogen-bond donors (Lipinski definition) is 0. The van der Waals surface area contributed by atoms with Crippen molar-refractivity contribution in [3.05, 3.63) is 47.2 Å². The van der Waals surface area contributed by atoms with Crippen molar-refractivity contribution in [1.82, 2.24) is 0 Å². The van der Waals surface area contributed by atoms with Gasteiger partial charge >= 0.3 is 0 Å². The lowest BCUT2D eigenvalue weighted by atomic mass is 10.0. The summed E-state index contributed by atoms with van der Waals surface area (Å²) in [5, 5.41) is 0.395. The van der Waals surface area contributed by atoms with Crippen LogP contribution < -0.4 is 9.47 Å². The van der Waals surface area contributed by atoms with Crippen molar-refractivity contribution in [3.63, 3.8) is 0 Å². The fourth-order valence-electron chi connectivity index (χ4n) is 1.70. The van der Waals surface area contributed by atoms with E-state index < -0.39 is 5.82 Å². The Morgan fingerprint density at radius 2 is 1.94 bits per heavy atom. The Morgan fingerprint density at radius 1 is 1.17 bits per heavy atom. The maximum absolute atomic E-state index is 13.9. The molecule has 18 heavy (non-hydrogen) atoms. The third-order valence-electron chi connectivity index (χ3n) is 2.58. The normalized spacial score (nSPS) is 10.2. The molecule has 0 heterocycles. The first kappa shape index (κ1) is 12.7. The largest absolute Gasteiger partial charge is 0.497 e. The Bertz CT molecular complexity index is 570. The SMILES string of the molecule is COc1ccc(-c2c(F)[c]ccc2OC)c(Cl)c1. The van der Waals surface area contributed by atoms with E-state index in [1.54, 1.807) is 31.4 Å². The Labute approximate surface area is 110 Å². The zero-order chi connectivity index (χ0) is 13.1. The van der Waals surface area contributed by atoms with Gasteiger partial charge in [-0.25, -0.2) is 4.39 Å². The quantitative estimate of drug-likeness (QED) is 0.836. The van der Waals surface area contributed by atoms with Crippen LogP contribution in [0.2, 0.25) is 5.02 Å². The van der Waals surface area contributed by atoms with Gasteiger partial charge in [0, 0.05) is 11.6 Å². The van der Waals surface area contributed by atoms with Crippen LogP contribution in [-0.4, -0.2) is 14.2 Å². The molecule has 93 valence electrons. The van der Waals surface area contributed by atoms with Gasteiger partial charge in [-0.3, -0.25) is 0 Å². The number of ether oxygens (including phenoxy) is 2. The van der Waals surface area contributed by atoms with Crippen LogP contribution in [0.25, 0.3) is 11.1 Å². The summed E-state index contributed by atoms with van der Waals surface area (Å²) in [7, 11) is 3.03. The molecule has 2 aromatic carbocycles. The van der Waals surface area contributed by atoms with Gasteiger partial charge in [-0.05, 0) is 30.3 Å². The molecule has 0 atom stereocenters. The molecule has 4 heteroatoms. The summed E-state index contributed by atoms with van der Waals surface area (Å²) >= 11 is 6.13. The van der Waals surface area contributed by atoms with E-state index in [1.807, 2.05) is 0 Å². The molecule has 0 fully saturated rings. The average molecular weight is 266 g/mol. The van der Waals surface area contributed by atoms with Crippen LogP contribution in [0.3, 0.4) is 0 Å². The van der Waals surface area contributed by atoms with E-state index in [0.717, 1.165) is 0 Å². The van der Waals surface area contributed by atoms with Crippen LogP contribution in [0, 0.1) is 11.9 Å². The van der Waals surface area contributed by atoms with Crippen molar-refractivity contribution in [2.75, 3.05) is 14.2 Å². The van der Waals surface area contributed by atoms with E-state index >= 15 is 0 Å². The third kappa shape index (κ3) is 2.27. The van der Waals surface area contributed by atoms with Gasteiger partial charge in [0.1, 0.15) is 17.3 Å². The highest BCUT2D eigenvalue weighted by molar-refractivity contribution is 6.33. The Hall–Kier alpha value is -1.74. The summed E-state index contributed by atoms with van der Waals surface area (Å²) in [6.45, 7) is 0. The summed E-state index contributed by atoms with van der Waals surface area (Å²) in [5.41, 5.74) is 0.844. The Kier molecular flexibility index (Phi) is 3.72. The number of halogens is 2. The van der Waals surface area contributed by atoms with Crippen LogP contribution in [0.4, 0.5) is 4.39 Å². The molecule has 0 aliphatic rings. The summed E-state index contributed by atoms with van der Waals surface area (Å²) in [6.07, 6.45) is 0. The molecule has 0 saturated carbocycles. The van der Waals surface area contributed by atoms with Gasteiger partial charge in [-0.2, -0.15) is 0 Å². The summed E-state index contributed by atoms with van der Waals surface area (Å²) < 4.78 is 24.1. The van der Waals surface area contributed by atoms with Crippen molar-refractivity contribution in [2.24, 2.45) is 0 Å². The fourth-order valence-corrected chi connectivity index (χ4v) is 1.97. The molecular formula is C14H11ClFO2. The smallest absolute Gasteiger partial charge is 0.142 e. The summed E-state index contributed by atoms with van der Waals surface area (Å²) in [4.78, 5) is 0. The van der Waals surface area contributed by atoms with E-state index in [0.29, 0.717) is 27.6 Å².